The van der Waals surface area contributed by atoms with Crippen LogP contribution >= 0.6 is 11.3 Å². The monoisotopic (exact) mass is 305 g/mol. The number of nitrogens with zero attached hydrogens (tertiary/aromatic N) is 2. The maximum Gasteiger partial charge on any atom is 0.158 e. The largest absolute Gasteiger partial charge is 0.370 e. The van der Waals surface area contributed by atoms with Crippen molar-refractivity contribution in [2.75, 3.05) is 11.9 Å². The first-order valence-corrected chi connectivity index (χ1v) is 8.84. The van der Waals surface area contributed by atoms with Gasteiger partial charge >= 0.3 is 0 Å². The topological polar surface area (TPSA) is 47.0 Å². The predicted octanol–water partition coefficient (Wildman–Crippen LogP) is 4.36. The zero-order valence-electron chi connectivity index (χ0n) is 12.6. The van der Waals surface area contributed by atoms with Crippen LogP contribution in [0.5, 0.6) is 0 Å². The molecule has 1 aliphatic carbocycles. The summed E-state index contributed by atoms with van der Waals surface area (Å²) in [6.45, 7) is 3.48. The van der Waals surface area contributed by atoms with Crippen molar-refractivity contribution in [1.29, 1.82) is 0 Å². The summed E-state index contributed by atoms with van der Waals surface area (Å²) in [5.74, 6) is 1.73. The Morgan fingerprint density at radius 3 is 2.81 bits per heavy atom. The predicted molar refractivity (Wildman–Crippen MR) is 87.9 cm³/mol. The van der Waals surface area contributed by atoms with Crippen LogP contribution in [0.1, 0.15) is 51.3 Å². The second-order valence-electron chi connectivity index (χ2n) is 5.58. The van der Waals surface area contributed by atoms with Gasteiger partial charge in [0.15, 0.2) is 5.82 Å². The number of thiophene rings is 1. The number of hydrogen-bond acceptors (Lipinski definition) is 5. The summed E-state index contributed by atoms with van der Waals surface area (Å²) < 4.78 is 6.06. The first kappa shape index (κ1) is 14.7. The number of rotatable bonds is 5. The molecule has 2 heterocycles. The quantitative estimate of drug-likeness (QED) is 0.834. The number of fused-ring (bicyclic) bond motifs is 1. The summed E-state index contributed by atoms with van der Waals surface area (Å²) in [6.07, 6.45) is 8.03. The van der Waals surface area contributed by atoms with Gasteiger partial charge in [-0.3, -0.25) is 0 Å². The van der Waals surface area contributed by atoms with Crippen LogP contribution in [0, 0.1) is 0 Å². The second-order valence-corrected chi connectivity index (χ2v) is 6.48. The van der Waals surface area contributed by atoms with Crippen LogP contribution in [0.15, 0.2) is 11.4 Å². The van der Waals surface area contributed by atoms with Gasteiger partial charge in [-0.25, -0.2) is 9.97 Å². The van der Waals surface area contributed by atoms with Crippen LogP contribution in [0.25, 0.3) is 10.2 Å². The molecule has 5 heteroatoms. The Morgan fingerprint density at radius 2 is 2.05 bits per heavy atom. The van der Waals surface area contributed by atoms with E-state index in [0.29, 0.717) is 12.7 Å². The summed E-state index contributed by atoms with van der Waals surface area (Å²) in [4.78, 5) is 10.3. The highest BCUT2D eigenvalue weighted by Crippen LogP contribution is 2.26. The summed E-state index contributed by atoms with van der Waals surface area (Å²) in [5.41, 5.74) is 0. The Morgan fingerprint density at radius 1 is 1.24 bits per heavy atom. The van der Waals surface area contributed by atoms with Crippen LogP contribution in [-0.2, 0) is 11.3 Å². The Bertz CT molecular complexity index is 576. The average molecular weight is 305 g/mol. The van der Waals surface area contributed by atoms with Crippen molar-refractivity contribution < 1.29 is 4.74 Å². The maximum atomic E-state index is 6.06. The van der Waals surface area contributed by atoms with Gasteiger partial charge in [0.2, 0.25) is 0 Å². The molecule has 0 saturated heterocycles. The molecular weight excluding hydrogens is 282 g/mol. The fourth-order valence-electron chi connectivity index (χ4n) is 2.87. The van der Waals surface area contributed by atoms with Gasteiger partial charge in [-0.2, -0.15) is 0 Å². The van der Waals surface area contributed by atoms with E-state index in [1.165, 1.54) is 38.5 Å². The zero-order chi connectivity index (χ0) is 14.5. The molecule has 1 saturated carbocycles. The van der Waals surface area contributed by atoms with E-state index in [-0.39, 0.29) is 0 Å². The van der Waals surface area contributed by atoms with Crippen molar-refractivity contribution in [3.05, 3.63) is 17.3 Å². The number of hydrogen-bond donors (Lipinski definition) is 1. The highest BCUT2D eigenvalue weighted by molar-refractivity contribution is 7.16. The van der Waals surface area contributed by atoms with Crippen molar-refractivity contribution in [2.24, 2.45) is 0 Å². The van der Waals surface area contributed by atoms with Gasteiger partial charge in [0.25, 0.3) is 0 Å². The third kappa shape index (κ3) is 3.71. The molecule has 0 aliphatic heterocycles. The second kappa shape index (κ2) is 7.18. The van der Waals surface area contributed by atoms with Gasteiger partial charge in [-0.15, -0.1) is 11.3 Å². The molecule has 0 atom stereocenters. The highest BCUT2D eigenvalue weighted by Gasteiger charge is 2.14. The Kier molecular flexibility index (Phi) is 5.04. The molecular formula is C16H23N3OS. The van der Waals surface area contributed by atoms with E-state index in [0.717, 1.165) is 28.4 Å². The summed E-state index contributed by atoms with van der Waals surface area (Å²) in [6, 6.07) is 2.08. The summed E-state index contributed by atoms with van der Waals surface area (Å²) in [5, 5.41) is 6.50. The molecule has 4 nitrogen and oxygen atoms in total. The van der Waals surface area contributed by atoms with Gasteiger partial charge < -0.3 is 10.1 Å². The van der Waals surface area contributed by atoms with Crippen LogP contribution in [0.2, 0.25) is 0 Å². The van der Waals surface area contributed by atoms with E-state index >= 15 is 0 Å². The van der Waals surface area contributed by atoms with E-state index in [1.54, 1.807) is 11.3 Å². The molecule has 3 rings (SSSR count). The average Bonchev–Trinajstić information content (AvgIpc) is 2.81. The van der Waals surface area contributed by atoms with E-state index < -0.39 is 0 Å². The minimum Gasteiger partial charge on any atom is -0.370 e. The molecule has 0 spiro atoms. The van der Waals surface area contributed by atoms with E-state index in [2.05, 4.69) is 33.7 Å². The SMILES string of the molecule is CCNc1nc(COC2CCCCCC2)nc2sccc12. The number of ether oxygens (including phenoxy) is 1. The lowest BCUT2D eigenvalue weighted by molar-refractivity contribution is 0.0275. The summed E-state index contributed by atoms with van der Waals surface area (Å²) >= 11 is 1.66. The van der Waals surface area contributed by atoms with Gasteiger partial charge in [0, 0.05) is 6.54 Å². The third-order valence-electron chi connectivity index (χ3n) is 3.97. The normalized spacial score (nSPS) is 17.0. The molecule has 2 aromatic heterocycles. The number of aromatic nitrogens is 2. The van der Waals surface area contributed by atoms with Crippen molar-refractivity contribution in [2.45, 2.75) is 58.2 Å². The Hall–Kier alpha value is -1.20. The molecule has 21 heavy (non-hydrogen) atoms. The van der Waals surface area contributed by atoms with E-state index in [9.17, 15) is 0 Å². The minimum atomic E-state index is 0.387. The lowest BCUT2D eigenvalue weighted by Crippen LogP contribution is -2.13. The molecule has 2 aromatic rings. The number of anilines is 1. The molecule has 1 aliphatic rings. The van der Waals surface area contributed by atoms with Crippen molar-refractivity contribution in [3.63, 3.8) is 0 Å². The maximum absolute atomic E-state index is 6.06. The van der Waals surface area contributed by atoms with Crippen molar-refractivity contribution >= 4 is 27.4 Å². The standard InChI is InChI=1S/C16H23N3OS/c1-2-17-15-13-9-10-21-16(13)19-14(18-15)11-20-12-7-5-3-4-6-8-12/h9-10,12H,2-8,11H2,1H3,(H,17,18,19). The molecule has 1 N–H and O–H groups in total. The molecule has 0 bridgehead atoms. The van der Waals surface area contributed by atoms with E-state index in [1.807, 2.05) is 0 Å². The zero-order valence-corrected chi connectivity index (χ0v) is 13.4. The van der Waals surface area contributed by atoms with Gasteiger partial charge in [-0.05, 0) is 31.2 Å². The van der Waals surface area contributed by atoms with Gasteiger partial charge in [0.05, 0.1) is 11.5 Å². The lowest BCUT2D eigenvalue weighted by Gasteiger charge is -2.15. The summed E-state index contributed by atoms with van der Waals surface area (Å²) in [7, 11) is 0. The Balaban J connectivity index is 1.70. The number of nitrogens with one attached hydrogen (secondary N) is 1. The van der Waals surface area contributed by atoms with Crippen LogP contribution in [-0.4, -0.2) is 22.6 Å². The van der Waals surface area contributed by atoms with Crippen LogP contribution in [0.4, 0.5) is 5.82 Å². The molecule has 114 valence electrons. The van der Waals surface area contributed by atoms with Crippen molar-refractivity contribution in [1.82, 2.24) is 9.97 Å². The first-order chi connectivity index (χ1) is 10.4. The van der Waals surface area contributed by atoms with Crippen molar-refractivity contribution in [3.8, 4) is 0 Å². The van der Waals surface area contributed by atoms with Gasteiger partial charge in [0.1, 0.15) is 17.3 Å². The smallest absolute Gasteiger partial charge is 0.158 e. The van der Waals surface area contributed by atoms with Crippen LogP contribution in [0.3, 0.4) is 0 Å². The molecule has 0 unspecified atom stereocenters. The molecule has 0 radical (unpaired) electrons. The lowest BCUT2D eigenvalue weighted by atomic mass is 10.1. The highest BCUT2D eigenvalue weighted by atomic mass is 32.1. The Labute approximate surface area is 129 Å². The fourth-order valence-corrected chi connectivity index (χ4v) is 3.65. The minimum absolute atomic E-state index is 0.387. The molecule has 0 amide bonds. The van der Waals surface area contributed by atoms with Crippen LogP contribution < -0.4 is 5.32 Å². The van der Waals surface area contributed by atoms with Gasteiger partial charge in [-0.1, -0.05) is 25.7 Å². The molecule has 0 aromatic carbocycles. The fraction of sp³-hybridized carbons (Fsp3) is 0.625. The first-order valence-electron chi connectivity index (χ1n) is 7.96. The third-order valence-corrected chi connectivity index (χ3v) is 4.77. The van der Waals surface area contributed by atoms with E-state index in [4.69, 9.17) is 4.74 Å². The molecule has 1 fully saturated rings.